The van der Waals surface area contributed by atoms with Crippen LogP contribution >= 0.6 is 0 Å². The van der Waals surface area contributed by atoms with Crippen LogP contribution in [0.15, 0.2) is 65.7 Å². The summed E-state index contributed by atoms with van der Waals surface area (Å²) in [5.41, 5.74) is 9.70. The van der Waals surface area contributed by atoms with E-state index in [-0.39, 0.29) is 6.17 Å². The molecule has 1 aliphatic rings. The van der Waals surface area contributed by atoms with E-state index in [1.54, 1.807) is 0 Å². The van der Waals surface area contributed by atoms with Crippen LogP contribution < -0.4 is 5.43 Å². The van der Waals surface area contributed by atoms with Crippen molar-refractivity contribution < 1.29 is 0 Å². The molecule has 136 valence electrons. The molecule has 0 saturated heterocycles. The Hall–Kier alpha value is -3.05. The second-order valence-corrected chi connectivity index (χ2v) is 6.93. The maximum atomic E-state index is 4.92. The van der Waals surface area contributed by atoms with Crippen LogP contribution in [0.3, 0.4) is 0 Å². The van der Waals surface area contributed by atoms with Crippen LogP contribution in [0.2, 0.25) is 0 Å². The number of amidine groups is 1. The minimum atomic E-state index is -0.216. The van der Waals surface area contributed by atoms with Gasteiger partial charge in [0, 0.05) is 11.4 Å². The highest BCUT2D eigenvalue weighted by atomic mass is 15.6. The third-order valence-electron chi connectivity index (χ3n) is 4.52. The summed E-state index contributed by atoms with van der Waals surface area (Å²) < 4.78 is 0. The first-order valence-corrected chi connectivity index (χ1v) is 9.13. The molecule has 0 amide bonds. The average Bonchev–Trinajstić information content (AvgIpc) is 3.06. The van der Waals surface area contributed by atoms with Crippen LogP contribution in [0.4, 0.5) is 0 Å². The molecule has 1 unspecified atom stereocenters. The predicted octanol–water partition coefficient (Wildman–Crippen LogP) is 3.87. The smallest absolute Gasteiger partial charge is 0.166 e. The Balaban J connectivity index is 1.69. The number of benzene rings is 1. The Morgan fingerprint density at radius 1 is 0.889 bits per heavy atom. The summed E-state index contributed by atoms with van der Waals surface area (Å²) in [5.74, 6) is 0.841. The SMILES string of the molecule is Cc1cccc(CN2NC(c3cccc(C)n3)N=C2c2cccc(C)n2)c1. The van der Waals surface area contributed by atoms with E-state index in [2.05, 4.69) is 51.6 Å². The van der Waals surface area contributed by atoms with Crippen molar-refractivity contribution in [2.75, 3.05) is 0 Å². The van der Waals surface area contributed by atoms with E-state index in [0.29, 0.717) is 6.54 Å². The van der Waals surface area contributed by atoms with Gasteiger partial charge in [-0.15, -0.1) is 0 Å². The standard InChI is InChI=1S/C22H23N5/c1-15-7-4-10-18(13-15)14-27-22(20-12-6-9-17(3)24-20)25-21(26-27)19-11-5-8-16(2)23-19/h4-13,21,26H,14H2,1-3H3. The van der Waals surface area contributed by atoms with Gasteiger partial charge in [-0.2, -0.15) is 0 Å². The quantitative estimate of drug-likeness (QED) is 0.770. The first kappa shape index (κ1) is 17.4. The molecule has 5 heteroatoms. The lowest BCUT2D eigenvalue weighted by Crippen LogP contribution is -2.38. The summed E-state index contributed by atoms with van der Waals surface area (Å²) in [6.07, 6.45) is -0.216. The molecule has 3 heterocycles. The maximum absolute atomic E-state index is 4.92. The lowest BCUT2D eigenvalue weighted by molar-refractivity contribution is 0.290. The molecule has 1 aromatic carbocycles. The van der Waals surface area contributed by atoms with Crippen molar-refractivity contribution in [1.82, 2.24) is 20.4 Å². The molecule has 1 N–H and O–H groups in total. The number of hydrogen-bond acceptors (Lipinski definition) is 5. The molecule has 27 heavy (non-hydrogen) atoms. The molecule has 1 atom stereocenters. The lowest BCUT2D eigenvalue weighted by Gasteiger charge is -2.22. The van der Waals surface area contributed by atoms with Gasteiger partial charge in [-0.3, -0.25) is 9.99 Å². The second-order valence-electron chi connectivity index (χ2n) is 6.93. The summed E-state index contributed by atoms with van der Waals surface area (Å²) >= 11 is 0. The van der Waals surface area contributed by atoms with Gasteiger partial charge in [0.25, 0.3) is 0 Å². The van der Waals surface area contributed by atoms with Gasteiger partial charge in [-0.25, -0.2) is 15.4 Å². The normalized spacial score (nSPS) is 16.5. The van der Waals surface area contributed by atoms with E-state index in [1.807, 2.05) is 50.2 Å². The average molecular weight is 357 g/mol. The highest BCUT2D eigenvalue weighted by molar-refractivity contribution is 5.97. The van der Waals surface area contributed by atoms with Crippen molar-refractivity contribution in [3.8, 4) is 0 Å². The minimum absolute atomic E-state index is 0.216. The number of hydrazine groups is 1. The Morgan fingerprint density at radius 3 is 2.37 bits per heavy atom. The van der Waals surface area contributed by atoms with Gasteiger partial charge in [-0.1, -0.05) is 42.0 Å². The van der Waals surface area contributed by atoms with Gasteiger partial charge in [0.05, 0.1) is 12.2 Å². The number of pyridine rings is 2. The number of aliphatic imine (C=N–C) groups is 1. The number of aryl methyl sites for hydroxylation is 3. The topological polar surface area (TPSA) is 53.4 Å². The van der Waals surface area contributed by atoms with Crippen molar-refractivity contribution in [3.05, 3.63) is 94.6 Å². The number of aromatic nitrogens is 2. The van der Waals surface area contributed by atoms with E-state index in [4.69, 9.17) is 4.99 Å². The van der Waals surface area contributed by atoms with Crippen molar-refractivity contribution in [2.45, 2.75) is 33.5 Å². The third-order valence-corrected chi connectivity index (χ3v) is 4.52. The fraction of sp³-hybridized carbons (Fsp3) is 0.227. The number of rotatable bonds is 4. The summed E-state index contributed by atoms with van der Waals surface area (Å²) in [4.78, 5) is 14.2. The highest BCUT2D eigenvalue weighted by Gasteiger charge is 2.28. The molecule has 5 nitrogen and oxygen atoms in total. The van der Waals surface area contributed by atoms with E-state index in [9.17, 15) is 0 Å². The molecule has 1 aliphatic heterocycles. The van der Waals surface area contributed by atoms with Crippen molar-refractivity contribution >= 4 is 5.84 Å². The summed E-state index contributed by atoms with van der Waals surface area (Å²) in [7, 11) is 0. The fourth-order valence-corrected chi connectivity index (χ4v) is 3.26. The van der Waals surface area contributed by atoms with Gasteiger partial charge >= 0.3 is 0 Å². The largest absolute Gasteiger partial charge is 0.284 e. The molecule has 0 spiro atoms. The predicted molar refractivity (Wildman–Crippen MR) is 107 cm³/mol. The molecular formula is C22H23N5. The number of hydrogen-bond donors (Lipinski definition) is 1. The van der Waals surface area contributed by atoms with Crippen molar-refractivity contribution in [3.63, 3.8) is 0 Å². The van der Waals surface area contributed by atoms with Gasteiger partial charge < -0.3 is 0 Å². The second kappa shape index (κ2) is 7.29. The van der Waals surface area contributed by atoms with Crippen LogP contribution in [-0.2, 0) is 6.54 Å². The number of nitrogens with zero attached hydrogens (tertiary/aromatic N) is 4. The zero-order valence-corrected chi connectivity index (χ0v) is 15.8. The van der Waals surface area contributed by atoms with Crippen LogP contribution in [0.1, 0.15) is 40.1 Å². The van der Waals surface area contributed by atoms with E-state index in [1.165, 1.54) is 11.1 Å². The van der Waals surface area contributed by atoms with E-state index in [0.717, 1.165) is 28.6 Å². The summed E-state index contributed by atoms with van der Waals surface area (Å²) in [5, 5.41) is 2.07. The Kier molecular flexibility index (Phi) is 4.69. The van der Waals surface area contributed by atoms with Crippen LogP contribution in [0.5, 0.6) is 0 Å². The van der Waals surface area contributed by atoms with E-state index < -0.39 is 0 Å². The van der Waals surface area contributed by atoms with Crippen LogP contribution in [0.25, 0.3) is 0 Å². The van der Waals surface area contributed by atoms with Gasteiger partial charge in [0.1, 0.15) is 5.69 Å². The Bertz CT molecular complexity index is 995. The highest BCUT2D eigenvalue weighted by Crippen LogP contribution is 2.23. The molecule has 0 saturated carbocycles. The minimum Gasteiger partial charge on any atom is -0.284 e. The van der Waals surface area contributed by atoms with E-state index >= 15 is 0 Å². The molecule has 0 radical (unpaired) electrons. The molecule has 2 aromatic heterocycles. The summed E-state index contributed by atoms with van der Waals surface area (Å²) in [6, 6.07) is 20.6. The number of nitrogens with one attached hydrogen (secondary N) is 1. The summed E-state index contributed by atoms with van der Waals surface area (Å²) in [6.45, 7) is 6.81. The van der Waals surface area contributed by atoms with Gasteiger partial charge in [-0.05, 0) is 50.6 Å². The van der Waals surface area contributed by atoms with Gasteiger partial charge in [0.15, 0.2) is 12.0 Å². The first-order valence-electron chi connectivity index (χ1n) is 9.13. The zero-order chi connectivity index (χ0) is 18.8. The molecule has 0 aliphatic carbocycles. The Morgan fingerprint density at radius 2 is 1.63 bits per heavy atom. The van der Waals surface area contributed by atoms with Gasteiger partial charge in [0.2, 0.25) is 0 Å². The molecule has 0 bridgehead atoms. The van der Waals surface area contributed by atoms with Crippen molar-refractivity contribution in [1.29, 1.82) is 0 Å². The van der Waals surface area contributed by atoms with Crippen molar-refractivity contribution in [2.24, 2.45) is 4.99 Å². The van der Waals surface area contributed by atoms with Crippen LogP contribution in [-0.4, -0.2) is 20.8 Å². The molecular weight excluding hydrogens is 334 g/mol. The first-order chi connectivity index (χ1) is 13.1. The Labute approximate surface area is 159 Å². The lowest BCUT2D eigenvalue weighted by atomic mass is 10.1. The molecule has 3 aromatic rings. The third kappa shape index (κ3) is 3.88. The molecule has 4 rings (SSSR count). The molecule has 0 fully saturated rings. The fourth-order valence-electron chi connectivity index (χ4n) is 3.26. The maximum Gasteiger partial charge on any atom is 0.166 e. The zero-order valence-electron chi connectivity index (χ0n) is 15.8. The van der Waals surface area contributed by atoms with Crippen LogP contribution in [0, 0.1) is 20.8 Å². The monoisotopic (exact) mass is 357 g/mol.